The average molecular weight is 435 g/mol. The Balaban J connectivity index is 1.71. The van der Waals surface area contributed by atoms with E-state index in [0.717, 1.165) is 35.9 Å². The van der Waals surface area contributed by atoms with Gasteiger partial charge in [-0.05, 0) is 45.4 Å². The number of nitrogens with two attached hydrogens (primary N) is 1. The maximum Gasteiger partial charge on any atom is 0.260 e. The summed E-state index contributed by atoms with van der Waals surface area (Å²) >= 11 is 0. The van der Waals surface area contributed by atoms with Crippen LogP contribution >= 0.6 is 0 Å². The molecule has 3 aromatic heterocycles. The lowest BCUT2D eigenvalue weighted by Gasteiger charge is -2.23. The zero-order chi connectivity index (χ0) is 23.0. The van der Waals surface area contributed by atoms with Gasteiger partial charge in [0.2, 0.25) is 0 Å². The molecule has 4 rings (SSSR count). The second-order valence-electron chi connectivity index (χ2n) is 8.36. The van der Waals surface area contributed by atoms with Gasteiger partial charge in [-0.2, -0.15) is 0 Å². The molecule has 4 heterocycles. The summed E-state index contributed by atoms with van der Waals surface area (Å²) in [5, 5.41) is 8.54. The van der Waals surface area contributed by atoms with Crippen molar-refractivity contribution in [3.8, 4) is 11.5 Å². The summed E-state index contributed by atoms with van der Waals surface area (Å²) in [5.41, 5.74) is 8.95. The molecular weight excluding hydrogens is 404 g/mol. The van der Waals surface area contributed by atoms with Gasteiger partial charge < -0.3 is 15.2 Å². The van der Waals surface area contributed by atoms with E-state index in [1.165, 1.54) is 0 Å². The van der Waals surface area contributed by atoms with Gasteiger partial charge in [-0.15, -0.1) is 10.2 Å². The van der Waals surface area contributed by atoms with Gasteiger partial charge >= 0.3 is 0 Å². The first-order chi connectivity index (χ1) is 15.3. The van der Waals surface area contributed by atoms with Crippen LogP contribution < -0.4 is 15.5 Å². The van der Waals surface area contributed by atoms with Crippen molar-refractivity contribution in [2.24, 2.45) is 5.73 Å². The molecule has 0 saturated carbocycles. The smallest absolute Gasteiger partial charge is 0.260 e. The maximum atomic E-state index is 13.4. The van der Waals surface area contributed by atoms with E-state index in [9.17, 15) is 4.79 Å². The number of carbonyl (C=O) groups is 1. The first-order valence-corrected chi connectivity index (χ1v) is 11.0. The van der Waals surface area contributed by atoms with Gasteiger partial charge in [0.25, 0.3) is 5.91 Å². The number of hydrogen-bond donors (Lipinski definition) is 1. The molecule has 0 fully saturated rings. The van der Waals surface area contributed by atoms with E-state index < -0.39 is 0 Å². The van der Waals surface area contributed by atoms with Crippen molar-refractivity contribution in [3.05, 3.63) is 46.9 Å². The molecule has 0 spiro atoms. The summed E-state index contributed by atoms with van der Waals surface area (Å²) in [6.07, 6.45) is 0.966. The third-order valence-corrected chi connectivity index (χ3v) is 5.94. The molecule has 1 aliphatic heterocycles. The summed E-state index contributed by atoms with van der Waals surface area (Å²) in [6, 6.07) is 7.75. The number of aromatic nitrogens is 5. The van der Waals surface area contributed by atoms with Crippen molar-refractivity contribution in [1.29, 1.82) is 0 Å². The summed E-state index contributed by atoms with van der Waals surface area (Å²) in [5.74, 6) is 2.79. The SMILES string of the molecule is CCCn1c(C)nnc1-c1cccc(N2Cc3c(cc(N(C)C(C)C)nc3CN)C2=O)n1. The Labute approximate surface area is 188 Å². The van der Waals surface area contributed by atoms with Crippen LogP contribution in [0.1, 0.15) is 54.6 Å². The van der Waals surface area contributed by atoms with Crippen molar-refractivity contribution >= 4 is 17.5 Å². The molecule has 32 heavy (non-hydrogen) atoms. The second kappa shape index (κ2) is 8.66. The molecule has 1 aliphatic rings. The fourth-order valence-electron chi connectivity index (χ4n) is 3.91. The maximum absolute atomic E-state index is 13.4. The number of hydrogen-bond acceptors (Lipinski definition) is 7. The van der Waals surface area contributed by atoms with Gasteiger partial charge in [0, 0.05) is 31.7 Å². The summed E-state index contributed by atoms with van der Waals surface area (Å²) in [7, 11) is 1.97. The van der Waals surface area contributed by atoms with E-state index in [1.54, 1.807) is 4.90 Å². The molecule has 0 atom stereocenters. The van der Waals surface area contributed by atoms with Crippen LogP contribution in [0.25, 0.3) is 11.5 Å². The Kier molecular flexibility index (Phi) is 5.92. The average Bonchev–Trinajstić information content (AvgIpc) is 3.33. The van der Waals surface area contributed by atoms with Crippen molar-refractivity contribution in [3.63, 3.8) is 0 Å². The quantitative estimate of drug-likeness (QED) is 0.609. The zero-order valence-electron chi connectivity index (χ0n) is 19.3. The van der Waals surface area contributed by atoms with Gasteiger partial charge in [-0.1, -0.05) is 13.0 Å². The molecule has 9 heteroatoms. The third-order valence-electron chi connectivity index (χ3n) is 5.94. The molecule has 2 N–H and O–H groups in total. The standard InChI is InChI=1S/C23H30N8O/c1-6-10-30-15(4)27-28-22(30)18-8-7-9-20(25-18)31-13-17-16(23(31)32)11-21(26-19(17)12-24)29(5)14(2)3/h7-9,11,14H,6,10,12-13,24H2,1-5H3. The van der Waals surface area contributed by atoms with E-state index >= 15 is 0 Å². The van der Waals surface area contributed by atoms with Crippen LogP contribution in [-0.4, -0.2) is 43.7 Å². The predicted octanol–water partition coefficient (Wildman–Crippen LogP) is 2.92. The summed E-state index contributed by atoms with van der Waals surface area (Å²) in [6.45, 7) is 9.70. The lowest BCUT2D eigenvalue weighted by atomic mass is 10.1. The highest BCUT2D eigenvalue weighted by Gasteiger charge is 2.33. The van der Waals surface area contributed by atoms with E-state index in [4.69, 9.17) is 15.7 Å². The third kappa shape index (κ3) is 3.73. The number of fused-ring (bicyclic) bond motifs is 1. The minimum atomic E-state index is -0.0913. The van der Waals surface area contributed by atoms with Crippen LogP contribution in [0, 0.1) is 6.92 Å². The van der Waals surface area contributed by atoms with Gasteiger partial charge in [-0.3, -0.25) is 9.69 Å². The van der Waals surface area contributed by atoms with Crippen molar-refractivity contribution in [2.45, 2.75) is 59.8 Å². The molecular formula is C23H30N8O. The highest BCUT2D eigenvalue weighted by atomic mass is 16.2. The molecule has 0 unspecified atom stereocenters. The van der Waals surface area contributed by atoms with Crippen LogP contribution in [0.2, 0.25) is 0 Å². The Morgan fingerprint density at radius 1 is 1.22 bits per heavy atom. The number of pyridine rings is 2. The minimum absolute atomic E-state index is 0.0913. The molecule has 9 nitrogen and oxygen atoms in total. The van der Waals surface area contributed by atoms with Crippen molar-refractivity contribution < 1.29 is 4.79 Å². The van der Waals surface area contributed by atoms with Gasteiger partial charge in [0.1, 0.15) is 23.2 Å². The molecule has 0 bridgehead atoms. The normalized spacial score (nSPS) is 13.2. The summed E-state index contributed by atoms with van der Waals surface area (Å²) < 4.78 is 2.05. The van der Waals surface area contributed by atoms with Crippen LogP contribution in [0.4, 0.5) is 11.6 Å². The van der Waals surface area contributed by atoms with Gasteiger partial charge in [-0.25, -0.2) is 9.97 Å². The molecule has 0 aromatic carbocycles. The van der Waals surface area contributed by atoms with E-state index in [2.05, 4.69) is 35.5 Å². The number of aryl methyl sites for hydroxylation is 1. The number of nitrogens with zero attached hydrogens (tertiary/aromatic N) is 7. The topological polar surface area (TPSA) is 106 Å². The Bertz CT molecular complexity index is 1150. The molecule has 168 valence electrons. The lowest BCUT2D eigenvalue weighted by Crippen LogP contribution is -2.27. The Morgan fingerprint density at radius 2 is 2.00 bits per heavy atom. The zero-order valence-corrected chi connectivity index (χ0v) is 19.3. The van der Waals surface area contributed by atoms with Crippen LogP contribution in [-0.2, 0) is 19.6 Å². The van der Waals surface area contributed by atoms with E-state index in [-0.39, 0.29) is 18.5 Å². The van der Waals surface area contributed by atoms with Crippen LogP contribution in [0.3, 0.4) is 0 Å². The first kappa shape index (κ1) is 21.9. The number of amides is 1. The number of anilines is 2. The fourth-order valence-corrected chi connectivity index (χ4v) is 3.91. The first-order valence-electron chi connectivity index (χ1n) is 11.0. The van der Waals surface area contributed by atoms with Crippen molar-refractivity contribution in [1.82, 2.24) is 24.7 Å². The van der Waals surface area contributed by atoms with Crippen LogP contribution in [0.5, 0.6) is 0 Å². The number of carbonyl (C=O) groups excluding carboxylic acids is 1. The molecule has 3 aromatic rings. The Morgan fingerprint density at radius 3 is 2.69 bits per heavy atom. The van der Waals surface area contributed by atoms with Crippen molar-refractivity contribution in [2.75, 3.05) is 16.8 Å². The number of rotatable bonds is 7. The Hall–Kier alpha value is -3.33. The minimum Gasteiger partial charge on any atom is -0.357 e. The lowest BCUT2D eigenvalue weighted by molar-refractivity contribution is 0.0996. The molecule has 1 amide bonds. The molecule has 0 radical (unpaired) electrons. The summed E-state index contributed by atoms with van der Waals surface area (Å²) in [4.78, 5) is 26.6. The second-order valence-corrected chi connectivity index (χ2v) is 8.36. The van der Waals surface area contributed by atoms with E-state index in [0.29, 0.717) is 29.4 Å². The molecule has 0 aliphatic carbocycles. The van der Waals surface area contributed by atoms with E-state index in [1.807, 2.05) is 43.1 Å². The predicted molar refractivity (Wildman–Crippen MR) is 124 cm³/mol. The van der Waals surface area contributed by atoms with Gasteiger partial charge in [0.05, 0.1) is 17.8 Å². The highest BCUT2D eigenvalue weighted by molar-refractivity contribution is 6.10. The monoisotopic (exact) mass is 434 g/mol. The van der Waals surface area contributed by atoms with Gasteiger partial charge in [0.15, 0.2) is 5.82 Å². The highest BCUT2D eigenvalue weighted by Crippen LogP contribution is 2.32. The largest absolute Gasteiger partial charge is 0.357 e. The van der Waals surface area contributed by atoms with Crippen LogP contribution in [0.15, 0.2) is 24.3 Å². The molecule has 0 saturated heterocycles. The fraction of sp³-hybridized carbons (Fsp3) is 0.435.